The van der Waals surface area contributed by atoms with Crippen molar-refractivity contribution in [3.8, 4) is 5.75 Å². The molecular formula is C10H11NaO4. The van der Waals surface area contributed by atoms with Crippen molar-refractivity contribution >= 4 is 35.5 Å². The number of epoxide rings is 1. The fourth-order valence-corrected chi connectivity index (χ4v) is 1.44. The molecule has 0 aromatic heterocycles. The molecule has 0 radical (unpaired) electrons. The Kier molecular flexibility index (Phi) is 4.16. The third-order valence-corrected chi connectivity index (χ3v) is 2.18. The van der Waals surface area contributed by atoms with E-state index >= 15 is 0 Å². The summed E-state index contributed by atoms with van der Waals surface area (Å²) >= 11 is 0. The number of ether oxygens (including phenoxy) is 2. The molecule has 1 saturated heterocycles. The molecule has 2 unspecified atom stereocenters. The molecule has 2 atom stereocenters. The molecule has 1 aromatic rings. The molecule has 1 heterocycles. The maximum atomic E-state index is 10.6. The van der Waals surface area contributed by atoms with Crippen LogP contribution in [0.15, 0.2) is 24.3 Å². The Labute approximate surface area is 109 Å². The zero-order chi connectivity index (χ0) is 10.1. The van der Waals surface area contributed by atoms with Crippen LogP contribution in [0.3, 0.4) is 0 Å². The number of aliphatic carboxylic acids is 1. The van der Waals surface area contributed by atoms with Gasteiger partial charge in [0, 0.05) is 5.56 Å². The van der Waals surface area contributed by atoms with Crippen LogP contribution in [0.1, 0.15) is 11.7 Å². The summed E-state index contributed by atoms with van der Waals surface area (Å²) in [5, 5.41) is 8.68. The molecule has 1 aromatic carbocycles. The van der Waals surface area contributed by atoms with Crippen molar-refractivity contribution in [2.75, 3.05) is 7.11 Å². The van der Waals surface area contributed by atoms with Crippen molar-refractivity contribution in [3.63, 3.8) is 0 Å². The fourth-order valence-electron chi connectivity index (χ4n) is 1.44. The quantitative estimate of drug-likeness (QED) is 0.595. The van der Waals surface area contributed by atoms with Crippen molar-refractivity contribution in [1.82, 2.24) is 0 Å². The van der Waals surface area contributed by atoms with Gasteiger partial charge in [0.2, 0.25) is 0 Å². The molecule has 0 amide bonds. The summed E-state index contributed by atoms with van der Waals surface area (Å²) in [6.45, 7) is 0. The van der Waals surface area contributed by atoms with Crippen molar-refractivity contribution in [1.29, 1.82) is 0 Å². The molecular weight excluding hydrogens is 207 g/mol. The van der Waals surface area contributed by atoms with Gasteiger partial charge < -0.3 is 14.6 Å². The van der Waals surface area contributed by atoms with Gasteiger partial charge in [0.05, 0.1) is 7.11 Å². The van der Waals surface area contributed by atoms with Crippen molar-refractivity contribution in [3.05, 3.63) is 29.8 Å². The number of rotatable bonds is 3. The zero-order valence-electron chi connectivity index (χ0n) is 7.64. The van der Waals surface area contributed by atoms with Crippen LogP contribution in [0, 0.1) is 0 Å². The first-order chi connectivity index (χ1) is 6.74. The maximum absolute atomic E-state index is 10.6. The Morgan fingerprint density at radius 2 is 2.13 bits per heavy atom. The first kappa shape index (κ1) is 12.5. The Morgan fingerprint density at radius 3 is 2.67 bits per heavy atom. The van der Waals surface area contributed by atoms with Crippen molar-refractivity contribution < 1.29 is 19.4 Å². The SMILES string of the molecule is COc1ccccc1C1OC1C(=O)O.[NaH]. The molecule has 1 aliphatic rings. The molecule has 0 bridgehead atoms. The zero-order valence-corrected chi connectivity index (χ0v) is 7.64. The summed E-state index contributed by atoms with van der Waals surface area (Å²) in [4.78, 5) is 10.6. The van der Waals surface area contributed by atoms with Crippen molar-refractivity contribution in [2.45, 2.75) is 12.2 Å². The van der Waals surface area contributed by atoms with E-state index in [0.717, 1.165) is 5.56 Å². The fraction of sp³-hybridized carbons (Fsp3) is 0.300. The van der Waals surface area contributed by atoms with Crippen LogP contribution in [-0.4, -0.2) is 53.8 Å². The number of carboxylic acid groups (broad SMARTS) is 1. The second-order valence-corrected chi connectivity index (χ2v) is 3.06. The number of carbonyl (C=O) groups is 1. The third kappa shape index (κ3) is 2.52. The number of benzene rings is 1. The molecule has 1 aliphatic heterocycles. The van der Waals surface area contributed by atoms with Gasteiger partial charge in [0.15, 0.2) is 6.10 Å². The Bertz CT molecular complexity index is 366. The van der Waals surface area contributed by atoms with E-state index in [1.165, 1.54) is 0 Å². The molecule has 5 heteroatoms. The topological polar surface area (TPSA) is 59.1 Å². The summed E-state index contributed by atoms with van der Waals surface area (Å²) in [6, 6.07) is 7.27. The Balaban J connectivity index is 0.00000112. The number of hydrogen-bond donors (Lipinski definition) is 1. The van der Waals surface area contributed by atoms with Crippen LogP contribution < -0.4 is 4.74 Å². The number of para-hydroxylation sites is 1. The van der Waals surface area contributed by atoms with E-state index < -0.39 is 12.1 Å². The van der Waals surface area contributed by atoms with E-state index in [4.69, 9.17) is 14.6 Å². The summed E-state index contributed by atoms with van der Waals surface area (Å²) in [5.74, 6) is -0.262. The first-order valence-electron chi connectivity index (χ1n) is 4.25. The van der Waals surface area contributed by atoms with Gasteiger partial charge >= 0.3 is 35.5 Å². The van der Waals surface area contributed by atoms with Crippen LogP contribution in [0.5, 0.6) is 5.75 Å². The molecule has 0 aliphatic carbocycles. The minimum atomic E-state index is -0.930. The van der Waals surface area contributed by atoms with E-state index in [-0.39, 0.29) is 35.7 Å². The van der Waals surface area contributed by atoms with Crippen LogP contribution in [0.25, 0.3) is 0 Å². The molecule has 15 heavy (non-hydrogen) atoms. The number of hydrogen-bond acceptors (Lipinski definition) is 3. The van der Waals surface area contributed by atoms with E-state index in [2.05, 4.69) is 0 Å². The normalized spacial score (nSPS) is 22.7. The summed E-state index contributed by atoms with van der Waals surface area (Å²) in [6.07, 6.45) is -1.07. The summed E-state index contributed by atoms with van der Waals surface area (Å²) < 4.78 is 10.1. The van der Waals surface area contributed by atoms with Gasteiger partial charge in [-0.3, -0.25) is 0 Å². The van der Waals surface area contributed by atoms with Gasteiger partial charge in [-0.1, -0.05) is 18.2 Å². The second-order valence-electron chi connectivity index (χ2n) is 3.06. The van der Waals surface area contributed by atoms with Gasteiger partial charge in [0.25, 0.3) is 0 Å². The average Bonchev–Trinajstić information content (AvgIpc) is 2.97. The first-order valence-corrected chi connectivity index (χ1v) is 4.25. The van der Waals surface area contributed by atoms with E-state index in [0.29, 0.717) is 5.75 Å². The van der Waals surface area contributed by atoms with Gasteiger partial charge in [-0.05, 0) is 6.07 Å². The van der Waals surface area contributed by atoms with Gasteiger partial charge in [0.1, 0.15) is 11.9 Å². The molecule has 0 spiro atoms. The van der Waals surface area contributed by atoms with E-state index in [1.807, 2.05) is 18.2 Å². The number of carboxylic acids is 1. The van der Waals surface area contributed by atoms with Crippen LogP contribution in [0.4, 0.5) is 0 Å². The van der Waals surface area contributed by atoms with Crippen LogP contribution >= 0.6 is 0 Å². The predicted molar refractivity (Wildman–Crippen MR) is 55.4 cm³/mol. The van der Waals surface area contributed by atoms with Gasteiger partial charge in [-0.25, -0.2) is 4.79 Å². The van der Waals surface area contributed by atoms with Crippen LogP contribution in [0.2, 0.25) is 0 Å². The monoisotopic (exact) mass is 218 g/mol. The molecule has 1 N–H and O–H groups in total. The predicted octanol–water partition coefficient (Wildman–Crippen LogP) is 0.571. The second kappa shape index (κ2) is 4.99. The van der Waals surface area contributed by atoms with E-state index in [9.17, 15) is 4.79 Å². The van der Waals surface area contributed by atoms with E-state index in [1.54, 1.807) is 13.2 Å². The van der Waals surface area contributed by atoms with Gasteiger partial charge in [-0.15, -0.1) is 0 Å². The third-order valence-electron chi connectivity index (χ3n) is 2.18. The molecule has 1 fully saturated rings. The number of methoxy groups -OCH3 is 1. The van der Waals surface area contributed by atoms with Gasteiger partial charge in [-0.2, -0.15) is 0 Å². The minimum absolute atomic E-state index is 0. The Hall–Kier alpha value is -0.550. The van der Waals surface area contributed by atoms with Crippen molar-refractivity contribution in [2.24, 2.45) is 0 Å². The summed E-state index contributed by atoms with van der Waals surface area (Å²) in [7, 11) is 1.55. The standard InChI is InChI=1S/C10H10O4.Na.H/c1-13-7-5-3-2-4-6(7)8-9(14-8)10(11)12;;/h2-5,8-9H,1H3,(H,11,12);;. The molecule has 76 valence electrons. The molecule has 4 nitrogen and oxygen atoms in total. The molecule has 0 saturated carbocycles. The summed E-state index contributed by atoms with van der Waals surface area (Å²) in [5.41, 5.74) is 0.794. The van der Waals surface area contributed by atoms with Crippen LogP contribution in [-0.2, 0) is 9.53 Å². The Morgan fingerprint density at radius 1 is 1.47 bits per heavy atom. The average molecular weight is 218 g/mol. The molecule has 2 rings (SSSR count).